The molecule has 0 amide bonds. The van der Waals surface area contributed by atoms with E-state index in [1.54, 1.807) is 11.9 Å². The maximum atomic E-state index is 13.6. The molecule has 0 saturated carbocycles. The maximum absolute atomic E-state index is 13.6. The lowest BCUT2D eigenvalue weighted by Gasteiger charge is -2.14. The Bertz CT molecular complexity index is 979. The van der Waals surface area contributed by atoms with Crippen LogP contribution in [0.25, 0.3) is 17.3 Å². The summed E-state index contributed by atoms with van der Waals surface area (Å²) in [6.07, 6.45) is -4.84. The van der Waals surface area contributed by atoms with Crippen molar-refractivity contribution < 1.29 is 26.3 Å². The van der Waals surface area contributed by atoms with E-state index in [2.05, 4.69) is 11.4 Å². The van der Waals surface area contributed by atoms with Gasteiger partial charge in [-0.2, -0.15) is 31.4 Å². The van der Waals surface area contributed by atoms with Gasteiger partial charge in [0.2, 0.25) is 0 Å². The van der Waals surface area contributed by atoms with Crippen molar-refractivity contribution in [3.05, 3.63) is 45.4 Å². The zero-order chi connectivity index (χ0) is 21.7. The van der Waals surface area contributed by atoms with Crippen LogP contribution in [0.5, 0.6) is 0 Å². The van der Waals surface area contributed by atoms with Gasteiger partial charge < -0.3 is 0 Å². The van der Waals surface area contributed by atoms with Crippen LogP contribution in [0.4, 0.5) is 26.3 Å². The van der Waals surface area contributed by atoms with Crippen molar-refractivity contribution in [2.24, 2.45) is 7.05 Å². The summed E-state index contributed by atoms with van der Waals surface area (Å²) < 4.78 is 80.7. The topological polar surface area (TPSA) is 17.8 Å². The standard InChI is InChI=1S/C18H18ClF6N2P/c1-10-8-13(19)11(6-7-28(3,4)5)9-12(10)15-14(17(20,21)22)16(18(23,24)25)27(2)26-15/h6-9H,3H2,1-2,4-5H3/b7-6+. The number of aromatic nitrogens is 2. The number of hydrogen-bond donors (Lipinski definition) is 0. The molecule has 10 heteroatoms. The Morgan fingerprint density at radius 2 is 1.68 bits per heavy atom. The molecule has 1 heterocycles. The van der Waals surface area contributed by atoms with Crippen molar-refractivity contribution in [1.29, 1.82) is 0 Å². The summed E-state index contributed by atoms with van der Waals surface area (Å²) in [7, 11) is 0.837. The lowest BCUT2D eigenvalue weighted by atomic mass is 9.98. The Balaban J connectivity index is 2.82. The van der Waals surface area contributed by atoms with E-state index >= 15 is 0 Å². The molecule has 2 nitrogen and oxygen atoms in total. The van der Waals surface area contributed by atoms with Crippen molar-refractivity contribution in [1.82, 2.24) is 9.78 Å². The van der Waals surface area contributed by atoms with Gasteiger partial charge in [0.15, 0.2) is 5.69 Å². The fourth-order valence-electron chi connectivity index (χ4n) is 2.66. The van der Waals surface area contributed by atoms with E-state index in [1.165, 1.54) is 19.1 Å². The number of nitrogens with zero attached hydrogens (tertiary/aromatic N) is 2. The monoisotopic (exact) mass is 442 g/mol. The number of benzene rings is 1. The Morgan fingerprint density at radius 3 is 2.14 bits per heavy atom. The highest BCUT2D eigenvalue weighted by atomic mass is 35.5. The number of rotatable bonds is 3. The zero-order valence-electron chi connectivity index (χ0n) is 15.5. The van der Waals surface area contributed by atoms with Crippen LogP contribution >= 0.6 is 18.5 Å². The first-order chi connectivity index (χ1) is 12.5. The highest BCUT2D eigenvalue weighted by Gasteiger charge is 2.49. The van der Waals surface area contributed by atoms with Crippen LogP contribution in [0.3, 0.4) is 0 Å². The molecule has 0 spiro atoms. The highest BCUT2D eigenvalue weighted by Crippen LogP contribution is 2.46. The Morgan fingerprint density at radius 1 is 1.11 bits per heavy atom. The fraction of sp³-hybridized carbons (Fsp3) is 0.333. The normalized spacial score (nSPS) is 13.5. The number of hydrogen-bond acceptors (Lipinski definition) is 1. The van der Waals surface area contributed by atoms with Gasteiger partial charge in [0.1, 0.15) is 11.3 Å². The van der Waals surface area contributed by atoms with E-state index in [0.717, 1.165) is 7.05 Å². The van der Waals surface area contributed by atoms with Crippen LogP contribution in [-0.2, 0) is 19.4 Å². The first-order valence-corrected chi connectivity index (χ1v) is 11.2. The van der Waals surface area contributed by atoms with Gasteiger partial charge in [-0.3, -0.25) is 4.68 Å². The molecule has 1 aromatic heterocycles. The predicted octanol–water partition coefficient (Wildman–Crippen LogP) is 6.77. The molecule has 0 atom stereocenters. The zero-order valence-corrected chi connectivity index (χ0v) is 17.2. The third-order valence-corrected chi connectivity index (χ3v) is 5.14. The molecule has 0 aliphatic heterocycles. The van der Waals surface area contributed by atoms with Gasteiger partial charge in [-0.25, -0.2) is 0 Å². The quantitative estimate of drug-likeness (QED) is 0.379. The largest absolute Gasteiger partial charge is 0.433 e. The van der Waals surface area contributed by atoms with Crippen molar-refractivity contribution >= 4 is 30.9 Å². The van der Waals surface area contributed by atoms with E-state index in [1.807, 2.05) is 13.3 Å². The summed E-state index contributed by atoms with van der Waals surface area (Å²) >= 11 is 6.17. The summed E-state index contributed by atoms with van der Waals surface area (Å²) in [5.74, 6) is 1.80. The molecule has 0 bridgehead atoms. The minimum Gasteiger partial charge on any atom is -0.262 e. The first kappa shape index (κ1) is 22.6. The van der Waals surface area contributed by atoms with Gasteiger partial charge in [0.05, 0.1) is 0 Å². The van der Waals surface area contributed by atoms with E-state index in [9.17, 15) is 26.3 Å². The number of alkyl halides is 6. The highest BCUT2D eigenvalue weighted by molar-refractivity contribution is 7.75. The Labute approximate surface area is 163 Å². The lowest BCUT2D eigenvalue weighted by molar-refractivity contribution is -0.165. The molecule has 0 fully saturated rings. The SMILES string of the molecule is C=P(C)(C)/C=C/c1cc(-c2nn(C)c(C(F)(F)F)c2C(F)(F)F)c(C)cc1Cl. The fourth-order valence-corrected chi connectivity index (χ4v) is 3.51. The van der Waals surface area contributed by atoms with Gasteiger partial charge >= 0.3 is 12.4 Å². The minimum absolute atomic E-state index is 0.0670. The molecule has 154 valence electrons. The third kappa shape index (κ3) is 4.84. The smallest absolute Gasteiger partial charge is 0.262 e. The minimum atomic E-state index is -5.24. The summed E-state index contributed by atoms with van der Waals surface area (Å²) in [6.45, 7) is 3.71. The van der Waals surface area contributed by atoms with Crippen molar-refractivity contribution in [2.45, 2.75) is 19.3 Å². The van der Waals surface area contributed by atoms with E-state index in [4.69, 9.17) is 11.6 Å². The van der Waals surface area contributed by atoms with Crippen molar-refractivity contribution in [2.75, 3.05) is 13.3 Å². The molecular formula is C18H18ClF6N2P. The second kappa shape index (κ2) is 7.30. The molecule has 0 unspecified atom stereocenters. The maximum Gasteiger partial charge on any atom is 0.433 e. The van der Waals surface area contributed by atoms with Crippen LogP contribution in [0.15, 0.2) is 17.9 Å². The molecule has 0 radical (unpaired) electrons. The van der Waals surface area contributed by atoms with Crippen LogP contribution in [-0.4, -0.2) is 29.4 Å². The van der Waals surface area contributed by atoms with Gasteiger partial charge in [0.25, 0.3) is 0 Å². The van der Waals surface area contributed by atoms with E-state index in [0.29, 0.717) is 5.56 Å². The van der Waals surface area contributed by atoms with Crippen LogP contribution in [0, 0.1) is 6.92 Å². The van der Waals surface area contributed by atoms with E-state index in [-0.39, 0.29) is 20.8 Å². The van der Waals surface area contributed by atoms with Crippen molar-refractivity contribution in [3.63, 3.8) is 0 Å². The summed E-state index contributed by atoms with van der Waals surface area (Å²) in [5.41, 5.74) is -3.84. The van der Waals surface area contributed by atoms with Gasteiger partial charge in [-0.05, 0) is 43.5 Å². The van der Waals surface area contributed by atoms with Gasteiger partial charge in [0, 0.05) is 17.6 Å². The molecule has 0 aliphatic rings. The Hall–Kier alpha value is -1.66. The number of halogens is 7. The molecule has 2 rings (SSSR count). The predicted molar refractivity (Wildman–Crippen MR) is 103 cm³/mol. The average Bonchev–Trinajstić information content (AvgIpc) is 2.82. The lowest BCUT2D eigenvalue weighted by Crippen LogP contribution is -2.19. The second-order valence-electron chi connectivity index (χ2n) is 6.97. The second-order valence-corrected chi connectivity index (χ2v) is 11.2. The van der Waals surface area contributed by atoms with Crippen molar-refractivity contribution in [3.8, 4) is 11.3 Å². The average molecular weight is 443 g/mol. The van der Waals surface area contributed by atoms with Crippen LogP contribution < -0.4 is 0 Å². The summed E-state index contributed by atoms with van der Waals surface area (Å²) in [6, 6.07) is 2.73. The van der Waals surface area contributed by atoms with Crippen LogP contribution in [0.2, 0.25) is 5.02 Å². The molecule has 0 aliphatic carbocycles. The number of aryl methyl sites for hydroxylation is 2. The van der Waals surface area contributed by atoms with E-state index < -0.39 is 36.2 Å². The Kier molecular flexibility index (Phi) is 5.90. The van der Waals surface area contributed by atoms with Gasteiger partial charge in [-0.1, -0.05) is 36.7 Å². The molecular weight excluding hydrogens is 425 g/mol. The molecule has 28 heavy (non-hydrogen) atoms. The molecule has 0 saturated heterocycles. The van der Waals surface area contributed by atoms with Gasteiger partial charge in [-0.15, -0.1) is 0 Å². The first-order valence-electron chi connectivity index (χ1n) is 7.91. The molecule has 2 aromatic rings. The third-order valence-electron chi connectivity index (χ3n) is 3.86. The summed E-state index contributed by atoms with van der Waals surface area (Å²) in [4.78, 5) is 0. The van der Waals surface area contributed by atoms with Crippen LogP contribution in [0.1, 0.15) is 22.4 Å². The summed E-state index contributed by atoms with van der Waals surface area (Å²) in [5, 5.41) is 3.83. The molecule has 0 N–H and O–H groups in total. The molecule has 1 aromatic carbocycles.